The highest BCUT2D eigenvalue weighted by atomic mass is 32.2. The van der Waals surface area contributed by atoms with Crippen molar-refractivity contribution in [2.75, 3.05) is 32.7 Å². The molecule has 0 aliphatic carbocycles. The van der Waals surface area contributed by atoms with Crippen molar-refractivity contribution in [3.05, 3.63) is 101 Å². The lowest BCUT2D eigenvalue weighted by atomic mass is 10.0. The molecule has 0 aromatic heterocycles. The molecule has 0 saturated carbocycles. The van der Waals surface area contributed by atoms with Crippen LogP contribution < -0.4 is 0 Å². The average Bonchev–Trinajstić information content (AvgIpc) is 3.14. The topological polar surface area (TPSA) is 60.9 Å². The maximum absolute atomic E-state index is 13.4. The van der Waals surface area contributed by atoms with E-state index < -0.39 is 10.0 Å². The summed E-state index contributed by atoms with van der Waals surface area (Å²) >= 11 is 0. The molecule has 1 fully saturated rings. The molecular formula is C28H31N3O3S. The van der Waals surface area contributed by atoms with Crippen LogP contribution in [0.4, 0.5) is 0 Å². The minimum Gasteiger partial charge on any atom is -0.337 e. The van der Waals surface area contributed by atoms with Gasteiger partial charge >= 0.3 is 0 Å². The van der Waals surface area contributed by atoms with Crippen molar-refractivity contribution in [3.63, 3.8) is 0 Å². The Morgan fingerprint density at radius 2 is 1.54 bits per heavy atom. The minimum atomic E-state index is -3.69. The van der Waals surface area contributed by atoms with Gasteiger partial charge in [-0.05, 0) is 47.7 Å². The molecule has 1 amide bonds. The third kappa shape index (κ3) is 5.32. The van der Waals surface area contributed by atoms with Gasteiger partial charge in [-0.2, -0.15) is 4.31 Å². The SMILES string of the molecule is O=C(c1cccc(S(=O)(=O)N2CCc3ccccc3C2)c1)N1CCCN(Cc2ccccc2)CC1. The van der Waals surface area contributed by atoms with Crippen LogP contribution in [0.25, 0.3) is 0 Å². The van der Waals surface area contributed by atoms with Crippen LogP contribution in [0.1, 0.15) is 33.5 Å². The zero-order valence-electron chi connectivity index (χ0n) is 19.8. The summed E-state index contributed by atoms with van der Waals surface area (Å²) < 4.78 is 28.3. The monoisotopic (exact) mass is 489 g/mol. The number of benzene rings is 3. The number of carbonyl (C=O) groups is 1. The molecule has 3 aromatic carbocycles. The van der Waals surface area contributed by atoms with Crippen molar-refractivity contribution in [2.24, 2.45) is 0 Å². The van der Waals surface area contributed by atoms with E-state index in [9.17, 15) is 13.2 Å². The van der Waals surface area contributed by atoms with Crippen molar-refractivity contribution >= 4 is 15.9 Å². The molecule has 3 aromatic rings. The Kier molecular flexibility index (Phi) is 7.00. The van der Waals surface area contributed by atoms with Crippen molar-refractivity contribution in [2.45, 2.75) is 30.8 Å². The lowest BCUT2D eigenvalue weighted by Gasteiger charge is -2.28. The van der Waals surface area contributed by atoms with Crippen LogP contribution in [0.2, 0.25) is 0 Å². The molecule has 0 unspecified atom stereocenters. The summed E-state index contributed by atoms with van der Waals surface area (Å²) in [6.45, 7) is 4.71. The van der Waals surface area contributed by atoms with Gasteiger partial charge < -0.3 is 4.90 Å². The second-order valence-corrected chi connectivity index (χ2v) is 11.2. The summed E-state index contributed by atoms with van der Waals surface area (Å²) in [7, 11) is -3.69. The zero-order chi connectivity index (χ0) is 24.3. The van der Waals surface area contributed by atoms with E-state index in [1.807, 2.05) is 41.3 Å². The quantitative estimate of drug-likeness (QED) is 0.547. The molecule has 2 heterocycles. The van der Waals surface area contributed by atoms with E-state index >= 15 is 0 Å². The fourth-order valence-electron chi connectivity index (χ4n) is 4.97. The van der Waals surface area contributed by atoms with E-state index in [1.165, 1.54) is 15.4 Å². The predicted molar refractivity (Wildman–Crippen MR) is 136 cm³/mol. The molecule has 5 rings (SSSR count). The van der Waals surface area contributed by atoms with E-state index in [4.69, 9.17) is 0 Å². The molecule has 0 bridgehead atoms. The largest absolute Gasteiger partial charge is 0.337 e. The first-order chi connectivity index (χ1) is 17.0. The molecule has 0 spiro atoms. The average molecular weight is 490 g/mol. The highest BCUT2D eigenvalue weighted by Crippen LogP contribution is 2.25. The number of hydrogen-bond acceptors (Lipinski definition) is 4. The normalized spacial score (nSPS) is 17.5. The summed E-state index contributed by atoms with van der Waals surface area (Å²) in [5.41, 5.74) is 3.94. The van der Waals surface area contributed by atoms with E-state index in [-0.39, 0.29) is 10.8 Å². The van der Waals surface area contributed by atoms with Gasteiger partial charge in [0.1, 0.15) is 0 Å². The van der Waals surface area contributed by atoms with Gasteiger partial charge in [0.05, 0.1) is 4.90 Å². The van der Waals surface area contributed by atoms with Gasteiger partial charge in [0.2, 0.25) is 10.0 Å². The first-order valence-corrected chi connectivity index (χ1v) is 13.7. The molecule has 2 aliphatic heterocycles. The van der Waals surface area contributed by atoms with Gasteiger partial charge in [0, 0.05) is 51.4 Å². The van der Waals surface area contributed by atoms with E-state index in [0.717, 1.165) is 31.6 Å². The van der Waals surface area contributed by atoms with Crippen LogP contribution in [0.5, 0.6) is 0 Å². The van der Waals surface area contributed by atoms with Crippen molar-refractivity contribution < 1.29 is 13.2 Å². The van der Waals surface area contributed by atoms with E-state index in [2.05, 4.69) is 23.1 Å². The fourth-order valence-corrected chi connectivity index (χ4v) is 6.44. The van der Waals surface area contributed by atoms with Crippen LogP contribution in [0.15, 0.2) is 83.8 Å². The molecule has 1 saturated heterocycles. The third-order valence-corrected chi connectivity index (χ3v) is 8.78. The number of nitrogens with zero attached hydrogens (tertiary/aromatic N) is 3. The summed E-state index contributed by atoms with van der Waals surface area (Å²) in [6.07, 6.45) is 1.59. The Hall–Kier alpha value is -3.00. The van der Waals surface area contributed by atoms with Crippen LogP contribution in [0.3, 0.4) is 0 Å². The third-order valence-electron chi connectivity index (χ3n) is 6.94. The minimum absolute atomic E-state index is 0.104. The molecule has 182 valence electrons. The van der Waals surface area contributed by atoms with Crippen LogP contribution in [-0.2, 0) is 29.5 Å². The lowest BCUT2D eigenvalue weighted by Crippen LogP contribution is -2.36. The van der Waals surface area contributed by atoms with Crippen LogP contribution in [-0.4, -0.2) is 61.2 Å². The van der Waals surface area contributed by atoms with Crippen LogP contribution >= 0.6 is 0 Å². The Bertz CT molecular complexity index is 1290. The standard InChI is InChI=1S/C28H31N3O3S/c32-28(30-16-7-15-29(18-19-30)21-23-8-2-1-3-9-23)25-12-6-13-27(20-25)35(33,34)31-17-14-24-10-4-5-11-26(24)22-31/h1-6,8-13,20H,7,14-19,21-22H2. The maximum atomic E-state index is 13.4. The second-order valence-electron chi connectivity index (χ2n) is 9.29. The van der Waals surface area contributed by atoms with E-state index in [0.29, 0.717) is 38.2 Å². The number of rotatable bonds is 5. The summed E-state index contributed by atoms with van der Waals surface area (Å²) in [5.74, 6) is -0.104. The number of amides is 1. The highest BCUT2D eigenvalue weighted by molar-refractivity contribution is 7.89. The van der Waals surface area contributed by atoms with Crippen LogP contribution in [0, 0.1) is 0 Å². The zero-order valence-corrected chi connectivity index (χ0v) is 20.7. The lowest BCUT2D eigenvalue weighted by molar-refractivity contribution is 0.0761. The molecular weight excluding hydrogens is 458 g/mol. The highest BCUT2D eigenvalue weighted by Gasteiger charge is 2.29. The van der Waals surface area contributed by atoms with Gasteiger partial charge in [-0.25, -0.2) is 8.42 Å². The van der Waals surface area contributed by atoms with Gasteiger partial charge in [0.25, 0.3) is 5.91 Å². The predicted octanol–water partition coefficient (Wildman–Crippen LogP) is 3.78. The Morgan fingerprint density at radius 3 is 2.37 bits per heavy atom. The molecule has 6 nitrogen and oxygen atoms in total. The van der Waals surface area contributed by atoms with Crippen molar-refractivity contribution in [1.82, 2.24) is 14.1 Å². The summed E-state index contributed by atoms with van der Waals surface area (Å²) in [4.78, 5) is 17.7. The Morgan fingerprint density at radius 1 is 0.771 bits per heavy atom. The molecule has 7 heteroatoms. The first-order valence-electron chi connectivity index (χ1n) is 12.2. The number of sulfonamides is 1. The van der Waals surface area contributed by atoms with Crippen molar-refractivity contribution in [3.8, 4) is 0 Å². The molecule has 35 heavy (non-hydrogen) atoms. The second kappa shape index (κ2) is 10.3. The molecule has 2 aliphatic rings. The van der Waals surface area contributed by atoms with Gasteiger partial charge in [-0.3, -0.25) is 9.69 Å². The molecule has 0 N–H and O–H groups in total. The summed E-state index contributed by atoms with van der Waals surface area (Å²) in [5, 5.41) is 0. The first kappa shape index (κ1) is 23.7. The number of carbonyl (C=O) groups excluding carboxylic acids is 1. The fraction of sp³-hybridized carbons (Fsp3) is 0.321. The van der Waals surface area contributed by atoms with Crippen molar-refractivity contribution in [1.29, 1.82) is 0 Å². The summed E-state index contributed by atoms with van der Waals surface area (Å²) in [6, 6.07) is 24.9. The number of hydrogen-bond donors (Lipinski definition) is 0. The smallest absolute Gasteiger partial charge is 0.253 e. The van der Waals surface area contributed by atoms with Gasteiger partial charge in [-0.15, -0.1) is 0 Å². The van der Waals surface area contributed by atoms with E-state index in [1.54, 1.807) is 24.3 Å². The Balaban J connectivity index is 1.27. The maximum Gasteiger partial charge on any atom is 0.253 e. The number of fused-ring (bicyclic) bond motifs is 1. The van der Waals surface area contributed by atoms with Gasteiger partial charge in [0.15, 0.2) is 0 Å². The Labute approximate surface area is 207 Å². The van der Waals surface area contributed by atoms with Gasteiger partial charge in [-0.1, -0.05) is 60.7 Å². The molecule has 0 atom stereocenters. The molecule has 0 radical (unpaired) electrons.